The maximum absolute atomic E-state index is 10.4. The molecular weight excluding hydrogens is 306 g/mol. The van der Waals surface area contributed by atoms with E-state index in [-0.39, 0.29) is 6.54 Å². The third-order valence-electron chi connectivity index (χ3n) is 3.63. The normalized spacial score (nSPS) is 14.4. The number of aliphatic imine (C=N–C) groups is 1. The summed E-state index contributed by atoms with van der Waals surface area (Å²) < 4.78 is 7.08. The van der Waals surface area contributed by atoms with Gasteiger partial charge in [0.1, 0.15) is 11.4 Å². The highest BCUT2D eigenvalue weighted by Gasteiger charge is 2.25. The first-order chi connectivity index (χ1) is 11.5. The fraction of sp³-hybridized carbons (Fsp3) is 0.529. The van der Waals surface area contributed by atoms with Crippen molar-refractivity contribution in [2.24, 2.45) is 12.0 Å². The highest BCUT2D eigenvalue weighted by atomic mass is 16.4. The van der Waals surface area contributed by atoms with E-state index in [0.29, 0.717) is 11.7 Å². The molecule has 0 aliphatic heterocycles. The molecule has 0 saturated heterocycles. The van der Waals surface area contributed by atoms with Crippen molar-refractivity contribution < 1.29 is 9.52 Å². The predicted molar refractivity (Wildman–Crippen MR) is 93.8 cm³/mol. The molecule has 132 valence electrons. The second kappa shape index (κ2) is 8.54. The zero-order valence-electron chi connectivity index (χ0n) is 14.6. The van der Waals surface area contributed by atoms with Gasteiger partial charge in [0.2, 0.25) is 0 Å². The molecule has 3 N–H and O–H groups in total. The average Bonchev–Trinajstić information content (AvgIpc) is 3.21. The Hall–Kier alpha value is -2.28. The van der Waals surface area contributed by atoms with Gasteiger partial charge in [-0.1, -0.05) is 0 Å². The van der Waals surface area contributed by atoms with E-state index in [1.165, 1.54) is 5.56 Å². The molecule has 1 atom stereocenters. The van der Waals surface area contributed by atoms with Gasteiger partial charge >= 0.3 is 0 Å². The third kappa shape index (κ3) is 5.42. The number of nitrogens with zero attached hydrogens (tertiary/aromatic N) is 3. The zero-order valence-corrected chi connectivity index (χ0v) is 14.6. The number of guanidine groups is 1. The SMILES string of the molecule is CCNC(=NCC(C)(O)c1ccco1)NCCCc1cnn(C)c1. The molecule has 0 bridgehead atoms. The Morgan fingerprint density at radius 1 is 1.46 bits per heavy atom. The van der Waals surface area contributed by atoms with Crippen LogP contribution in [-0.4, -0.2) is 40.5 Å². The summed E-state index contributed by atoms with van der Waals surface area (Å²) in [6.45, 7) is 5.48. The van der Waals surface area contributed by atoms with Gasteiger partial charge in [0.05, 0.1) is 19.0 Å². The second-order valence-corrected chi connectivity index (χ2v) is 6.00. The number of rotatable bonds is 8. The van der Waals surface area contributed by atoms with E-state index in [2.05, 4.69) is 20.7 Å². The smallest absolute Gasteiger partial charge is 0.191 e. The molecular formula is C17H27N5O2. The van der Waals surface area contributed by atoms with E-state index in [1.807, 2.05) is 31.0 Å². The Kier molecular flexibility index (Phi) is 6.43. The molecule has 2 aromatic heterocycles. The van der Waals surface area contributed by atoms with E-state index < -0.39 is 5.60 Å². The van der Waals surface area contributed by atoms with Gasteiger partial charge in [-0.05, 0) is 44.4 Å². The van der Waals surface area contributed by atoms with Crippen LogP contribution >= 0.6 is 0 Å². The lowest BCUT2D eigenvalue weighted by molar-refractivity contribution is 0.0437. The topological polar surface area (TPSA) is 87.6 Å². The second-order valence-electron chi connectivity index (χ2n) is 6.00. The summed E-state index contributed by atoms with van der Waals surface area (Å²) in [4.78, 5) is 4.46. The van der Waals surface area contributed by atoms with Crippen molar-refractivity contribution in [3.8, 4) is 0 Å². The van der Waals surface area contributed by atoms with Gasteiger partial charge in [-0.25, -0.2) is 4.99 Å². The third-order valence-corrected chi connectivity index (χ3v) is 3.63. The first kappa shape index (κ1) is 18.1. The molecule has 2 aromatic rings. The molecule has 0 fully saturated rings. The number of nitrogens with one attached hydrogen (secondary N) is 2. The standard InChI is InChI=1S/C17H27N5O2/c1-4-18-16(19-9-5-7-14-11-21-22(3)12-14)20-13-17(2,23)15-8-6-10-24-15/h6,8,10-12,23H,4-5,7,9,13H2,1-3H3,(H2,18,19,20). The molecule has 2 rings (SSSR count). The van der Waals surface area contributed by atoms with E-state index in [9.17, 15) is 5.11 Å². The van der Waals surface area contributed by atoms with Crippen molar-refractivity contribution in [3.63, 3.8) is 0 Å². The van der Waals surface area contributed by atoms with E-state index in [1.54, 1.807) is 25.3 Å². The van der Waals surface area contributed by atoms with Gasteiger partial charge in [-0.15, -0.1) is 0 Å². The van der Waals surface area contributed by atoms with Crippen molar-refractivity contribution in [1.29, 1.82) is 0 Å². The number of hydrogen-bond acceptors (Lipinski definition) is 4. The van der Waals surface area contributed by atoms with Gasteiger partial charge in [0.15, 0.2) is 5.96 Å². The van der Waals surface area contributed by atoms with Gasteiger partial charge in [-0.2, -0.15) is 5.10 Å². The minimum atomic E-state index is -1.12. The van der Waals surface area contributed by atoms with Crippen LogP contribution in [0.15, 0.2) is 40.2 Å². The molecule has 0 radical (unpaired) electrons. The zero-order chi connectivity index (χ0) is 17.4. The molecule has 0 aromatic carbocycles. The molecule has 0 saturated carbocycles. The van der Waals surface area contributed by atoms with Crippen LogP contribution in [0.25, 0.3) is 0 Å². The number of aryl methyl sites for hydroxylation is 2. The van der Waals surface area contributed by atoms with Crippen LogP contribution < -0.4 is 10.6 Å². The molecule has 0 amide bonds. The summed E-state index contributed by atoms with van der Waals surface area (Å²) in [5, 5.41) is 21.1. The Morgan fingerprint density at radius 3 is 2.92 bits per heavy atom. The Balaban J connectivity index is 1.82. The van der Waals surface area contributed by atoms with E-state index in [0.717, 1.165) is 25.9 Å². The summed E-state index contributed by atoms with van der Waals surface area (Å²) in [6, 6.07) is 3.51. The lowest BCUT2D eigenvalue weighted by Crippen LogP contribution is -2.39. The van der Waals surface area contributed by atoms with Gasteiger partial charge in [0.25, 0.3) is 0 Å². The van der Waals surface area contributed by atoms with E-state index in [4.69, 9.17) is 4.42 Å². The summed E-state index contributed by atoms with van der Waals surface area (Å²) >= 11 is 0. The quantitative estimate of drug-likeness (QED) is 0.386. The molecule has 0 spiro atoms. The van der Waals surface area contributed by atoms with Gasteiger partial charge < -0.3 is 20.2 Å². The Bertz CT molecular complexity index is 631. The molecule has 0 aliphatic carbocycles. The molecule has 24 heavy (non-hydrogen) atoms. The first-order valence-corrected chi connectivity index (χ1v) is 8.27. The van der Waals surface area contributed by atoms with Crippen LogP contribution in [0.1, 0.15) is 31.6 Å². The maximum atomic E-state index is 10.4. The number of hydrogen-bond donors (Lipinski definition) is 3. The van der Waals surface area contributed by atoms with Crippen LogP contribution in [-0.2, 0) is 19.1 Å². The minimum Gasteiger partial charge on any atom is -0.466 e. The summed E-state index contributed by atoms with van der Waals surface area (Å²) in [6.07, 6.45) is 7.41. The van der Waals surface area contributed by atoms with Crippen LogP contribution in [0.4, 0.5) is 0 Å². The predicted octanol–water partition coefficient (Wildman–Crippen LogP) is 1.41. The monoisotopic (exact) mass is 333 g/mol. The number of furan rings is 1. The van der Waals surface area contributed by atoms with Crippen molar-refractivity contribution in [3.05, 3.63) is 42.1 Å². The van der Waals surface area contributed by atoms with E-state index >= 15 is 0 Å². The molecule has 0 aliphatic rings. The lowest BCUT2D eigenvalue weighted by Gasteiger charge is -2.19. The van der Waals surface area contributed by atoms with Crippen molar-refractivity contribution >= 4 is 5.96 Å². The molecule has 2 heterocycles. The van der Waals surface area contributed by atoms with Crippen LogP contribution in [0.5, 0.6) is 0 Å². The van der Waals surface area contributed by atoms with Gasteiger partial charge in [-0.3, -0.25) is 4.68 Å². The van der Waals surface area contributed by atoms with Crippen LogP contribution in [0, 0.1) is 0 Å². The number of aliphatic hydroxyl groups is 1. The molecule has 7 heteroatoms. The summed E-state index contributed by atoms with van der Waals surface area (Å²) in [5.41, 5.74) is 0.101. The minimum absolute atomic E-state index is 0.221. The van der Waals surface area contributed by atoms with Gasteiger partial charge in [0, 0.05) is 26.3 Å². The van der Waals surface area contributed by atoms with Crippen molar-refractivity contribution in [1.82, 2.24) is 20.4 Å². The largest absolute Gasteiger partial charge is 0.466 e. The summed E-state index contributed by atoms with van der Waals surface area (Å²) in [5.74, 6) is 1.20. The van der Waals surface area contributed by atoms with Crippen LogP contribution in [0.2, 0.25) is 0 Å². The molecule has 1 unspecified atom stereocenters. The molecule has 7 nitrogen and oxygen atoms in total. The van der Waals surface area contributed by atoms with Crippen molar-refractivity contribution in [2.75, 3.05) is 19.6 Å². The Morgan fingerprint density at radius 2 is 2.29 bits per heavy atom. The fourth-order valence-electron chi connectivity index (χ4n) is 2.34. The van der Waals surface area contributed by atoms with Crippen molar-refractivity contribution in [2.45, 2.75) is 32.3 Å². The average molecular weight is 333 g/mol. The fourth-order valence-corrected chi connectivity index (χ4v) is 2.34. The highest BCUT2D eigenvalue weighted by Crippen LogP contribution is 2.20. The first-order valence-electron chi connectivity index (χ1n) is 8.27. The maximum Gasteiger partial charge on any atom is 0.191 e. The lowest BCUT2D eigenvalue weighted by atomic mass is 10.0. The number of aromatic nitrogens is 2. The Labute approximate surface area is 142 Å². The van der Waals surface area contributed by atoms with Crippen LogP contribution in [0.3, 0.4) is 0 Å². The summed E-state index contributed by atoms with van der Waals surface area (Å²) in [7, 11) is 1.92. The highest BCUT2D eigenvalue weighted by molar-refractivity contribution is 5.79.